The van der Waals surface area contributed by atoms with E-state index in [2.05, 4.69) is 29.0 Å². The molecule has 1 aromatic heterocycles. The molecular weight excluding hydrogens is 210 g/mol. The number of hydrogen-bond donors (Lipinski definition) is 1. The SMILES string of the molecule is Cc1ncc(CCN)c(-c2ccccc2C)n1. The Bertz CT molecular complexity index is 521. The van der Waals surface area contributed by atoms with Gasteiger partial charge < -0.3 is 5.73 Å². The normalized spacial score (nSPS) is 10.5. The molecule has 2 aromatic rings. The van der Waals surface area contributed by atoms with Gasteiger partial charge in [-0.1, -0.05) is 24.3 Å². The van der Waals surface area contributed by atoms with E-state index in [1.165, 1.54) is 11.1 Å². The molecule has 0 radical (unpaired) electrons. The van der Waals surface area contributed by atoms with E-state index in [1.807, 2.05) is 25.3 Å². The number of hydrogen-bond acceptors (Lipinski definition) is 3. The summed E-state index contributed by atoms with van der Waals surface area (Å²) >= 11 is 0. The fourth-order valence-electron chi connectivity index (χ4n) is 1.91. The zero-order valence-electron chi connectivity index (χ0n) is 10.3. The van der Waals surface area contributed by atoms with Gasteiger partial charge in [0.2, 0.25) is 0 Å². The molecule has 0 atom stereocenters. The third-order valence-electron chi connectivity index (χ3n) is 2.80. The molecule has 3 nitrogen and oxygen atoms in total. The molecule has 17 heavy (non-hydrogen) atoms. The van der Waals surface area contributed by atoms with Crippen molar-refractivity contribution in [2.75, 3.05) is 6.54 Å². The molecule has 3 heteroatoms. The predicted molar refractivity (Wildman–Crippen MR) is 69.7 cm³/mol. The predicted octanol–water partition coefficient (Wildman–Crippen LogP) is 2.26. The van der Waals surface area contributed by atoms with Crippen molar-refractivity contribution in [3.05, 3.63) is 47.4 Å². The van der Waals surface area contributed by atoms with Gasteiger partial charge in [0.25, 0.3) is 0 Å². The van der Waals surface area contributed by atoms with Gasteiger partial charge in [0.1, 0.15) is 5.82 Å². The lowest BCUT2D eigenvalue weighted by Crippen LogP contribution is -2.07. The Morgan fingerprint density at radius 1 is 1.18 bits per heavy atom. The van der Waals surface area contributed by atoms with Gasteiger partial charge in [0.15, 0.2) is 0 Å². The van der Waals surface area contributed by atoms with E-state index < -0.39 is 0 Å². The lowest BCUT2D eigenvalue weighted by Gasteiger charge is -2.10. The van der Waals surface area contributed by atoms with Crippen LogP contribution in [0.2, 0.25) is 0 Å². The lowest BCUT2D eigenvalue weighted by atomic mass is 10.0. The number of benzene rings is 1. The first-order chi connectivity index (χ1) is 8.22. The van der Waals surface area contributed by atoms with Crippen LogP contribution in [0.5, 0.6) is 0 Å². The van der Waals surface area contributed by atoms with E-state index in [0.717, 1.165) is 23.5 Å². The van der Waals surface area contributed by atoms with Crippen LogP contribution in [0.15, 0.2) is 30.5 Å². The van der Waals surface area contributed by atoms with Gasteiger partial charge in [-0.05, 0) is 37.9 Å². The maximum absolute atomic E-state index is 5.63. The molecule has 2 N–H and O–H groups in total. The maximum Gasteiger partial charge on any atom is 0.125 e. The highest BCUT2D eigenvalue weighted by Crippen LogP contribution is 2.24. The Balaban J connectivity index is 2.57. The number of nitrogens with zero attached hydrogens (tertiary/aromatic N) is 2. The highest BCUT2D eigenvalue weighted by Gasteiger charge is 2.09. The molecule has 0 unspecified atom stereocenters. The average Bonchev–Trinajstić information content (AvgIpc) is 2.32. The van der Waals surface area contributed by atoms with Crippen LogP contribution in [-0.2, 0) is 6.42 Å². The van der Waals surface area contributed by atoms with Crippen LogP contribution in [0.1, 0.15) is 17.0 Å². The number of rotatable bonds is 3. The van der Waals surface area contributed by atoms with Crippen molar-refractivity contribution in [1.82, 2.24) is 9.97 Å². The van der Waals surface area contributed by atoms with E-state index in [4.69, 9.17) is 5.73 Å². The summed E-state index contributed by atoms with van der Waals surface area (Å²) in [6.07, 6.45) is 2.70. The smallest absolute Gasteiger partial charge is 0.125 e. The van der Waals surface area contributed by atoms with Crippen LogP contribution >= 0.6 is 0 Å². The second kappa shape index (κ2) is 5.06. The van der Waals surface area contributed by atoms with Crippen LogP contribution < -0.4 is 5.73 Å². The molecule has 0 amide bonds. The van der Waals surface area contributed by atoms with E-state index in [9.17, 15) is 0 Å². The van der Waals surface area contributed by atoms with Crippen LogP contribution in [0, 0.1) is 13.8 Å². The summed E-state index contributed by atoms with van der Waals surface area (Å²) in [6, 6.07) is 8.26. The Hall–Kier alpha value is -1.74. The minimum Gasteiger partial charge on any atom is -0.330 e. The van der Waals surface area contributed by atoms with Gasteiger partial charge in [-0.15, -0.1) is 0 Å². The van der Waals surface area contributed by atoms with Crippen molar-refractivity contribution >= 4 is 0 Å². The summed E-state index contributed by atoms with van der Waals surface area (Å²) in [5.41, 5.74) is 10.2. The van der Waals surface area contributed by atoms with Crippen LogP contribution in [0.4, 0.5) is 0 Å². The van der Waals surface area contributed by atoms with E-state index in [1.54, 1.807) is 0 Å². The quantitative estimate of drug-likeness (QED) is 0.875. The summed E-state index contributed by atoms with van der Waals surface area (Å²) in [4.78, 5) is 8.80. The molecule has 0 saturated carbocycles. The monoisotopic (exact) mass is 227 g/mol. The zero-order valence-corrected chi connectivity index (χ0v) is 10.3. The third kappa shape index (κ3) is 2.50. The number of aromatic nitrogens is 2. The molecular formula is C14H17N3. The minimum atomic E-state index is 0.616. The standard InChI is InChI=1S/C14H17N3/c1-10-5-3-4-6-13(10)14-12(7-8-15)9-16-11(2)17-14/h3-6,9H,7-8,15H2,1-2H3. The zero-order chi connectivity index (χ0) is 12.3. The second-order valence-electron chi connectivity index (χ2n) is 4.14. The fraction of sp³-hybridized carbons (Fsp3) is 0.286. The molecule has 0 aliphatic carbocycles. The molecule has 0 aliphatic rings. The van der Waals surface area contributed by atoms with Crippen molar-refractivity contribution in [2.24, 2.45) is 5.73 Å². The Morgan fingerprint density at radius 2 is 1.94 bits per heavy atom. The Morgan fingerprint density at radius 3 is 2.65 bits per heavy atom. The highest BCUT2D eigenvalue weighted by atomic mass is 14.9. The van der Waals surface area contributed by atoms with Crippen LogP contribution in [-0.4, -0.2) is 16.5 Å². The van der Waals surface area contributed by atoms with Gasteiger partial charge in [-0.25, -0.2) is 9.97 Å². The minimum absolute atomic E-state index is 0.616. The second-order valence-corrected chi connectivity index (χ2v) is 4.14. The first-order valence-corrected chi connectivity index (χ1v) is 5.81. The van der Waals surface area contributed by atoms with Crippen molar-refractivity contribution in [1.29, 1.82) is 0 Å². The van der Waals surface area contributed by atoms with Gasteiger partial charge in [0, 0.05) is 11.8 Å². The highest BCUT2D eigenvalue weighted by molar-refractivity contribution is 5.66. The van der Waals surface area contributed by atoms with E-state index in [-0.39, 0.29) is 0 Å². The van der Waals surface area contributed by atoms with Crippen molar-refractivity contribution in [2.45, 2.75) is 20.3 Å². The van der Waals surface area contributed by atoms with Crippen LogP contribution in [0.3, 0.4) is 0 Å². The Labute approximate surface area is 102 Å². The van der Waals surface area contributed by atoms with E-state index in [0.29, 0.717) is 6.54 Å². The van der Waals surface area contributed by atoms with Crippen LogP contribution in [0.25, 0.3) is 11.3 Å². The van der Waals surface area contributed by atoms with Crippen molar-refractivity contribution in [3.63, 3.8) is 0 Å². The topological polar surface area (TPSA) is 51.8 Å². The molecule has 1 aromatic carbocycles. The molecule has 2 rings (SSSR count). The summed E-state index contributed by atoms with van der Waals surface area (Å²) in [5.74, 6) is 0.795. The largest absolute Gasteiger partial charge is 0.330 e. The number of nitrogens with two attached hydrogens (primary N) is 1. The molecule has 1 heterocycles. The molecule has 0 saturated heterocycles. The first-order valence-electron chi connectivity index (χ1n) is 5.81. The molecule has 0 aliphatic heterocycles. The van der Waals surface area contributed by atoms with Crippen molar-refractivity contribution in [3.8, 4) is 11.3 Å². The molecule has 0 fully saturated rings. The van der Waals surface area contributed by atoms with Gasteiger partial charge in [0.05, 0.1) is 5.69 Å². The molecule has 0 spiro atoms. The van der Waals surface area contributed by atoms with E-state index >= 15 is 0 Å². The van der Waals surface area contributed by atoms with Gasteiger partial charge >= 0.3 is 0 Å². The summed E-state index contributed by atoms with van der Waals surface area (Å²) in [6.45, 7) is 4.62. The number of aryl methyl sites for hydroxylation is 2. The summed E-state index contributed by atoms with van der Waals surface area (Å²) < 4.78 is 0. The van der Waals surface area contributed by atoms with Gasteiger partial charge in [-0.2, -0.15) is 0 Å². The Kier molecular flexibility index (Phi) is 3.49. The first kappa shape index (κ1) is 11.7. The lowest BCUT2D eigenvalue weighted by molar-refractivity contribution is 0.928. The third-order valence-corrected chi connectivity index (χ3v) is 2.80. The van der Waals surface area contributed by atoms with Crippen molar-refractivity contribution < 1.29 is 0 Å². The van der Waals surface area contributed by atoms with Gasteiger partial charge in [-0.3, -0.25) is 0 Å². The average molecular weight is 227 g/mol. The summed E-state index contributed by atoms with van der Waals surface area (Å²) in [7, 11) is 0. The molecule has 88 valence electrons. The fourth-order valence-corrected chi connectivity index (χ4v) is 1.91. The molecule has 0 bridgehead atoms. The summed E-state index contributed by atoms with van der Waals surface area (Å²) in [5, 5.41) is 0. The maximum atomic E-state index is 5.63.